The van der Waals surface area contributed by atoms with Gasteiger partial charge in [-0.3, -0.25) is 9.59 Å². The number of ether oxygens (including phenoxy) is 1. The highest BCUT2D eigenvalue weighted by Gasteiger charge is 2.14. The molecule has 0 spiro atoms. The second kappa shape index (κ2) is 7.07. The molecule has 0 radical (unpaired) electrons. The lowest BCUT2D eigenvalue weighted by atomic mass is 10.2. The number of carbonyl (C=O) groups excluding carboxylic acids is 2. The summed E-state index contributed by atoms with van der Waals surface area (Å²) >= 11 is 7.53. The number of hydrogen-bond donors (Lipinski definition) is 0. The number of halogens is 1. The van der Waals surface area contributed by atoms with Gasteiger partial charge in [-0.25, -0.2) is 0 Å². The van der Waals surface area contributed by atoms with Gasteiger partial charge in [-0.1, -0.05) is 29.9 Å². The fourth-order valence-corrected chi connectivity index (χ4v) is 3.38. The van der Waals surface area contributed by atoms with Crippen molar-refractivity contribution < 1.29 is 14.3 Å². The van der Waals surface area contributed by atoms with Crippen molar-refractivity contribution in [2.24, 2.45) is 4.99 Å². The Hall–Kier alpha value is -1.66. The molecule has 0 atom stereocenters. The number of nitrogens with zero attached hydrogens (tertiary/aromatic N) is 2. The molecule has 22 heavy (non-hydrogen) atoms. The van der Waals surface area contributed by atoms with Gasteiger partial charge in [-0.15, -0.1) is 0 Å². The fraction of sp³-hybridized carbons (Fsp3) is 0.400. The number of hydrogen-bond acceptors (Lipinski definition) is 4. The van der Waals surface area contributed by atoms with Crippen LogP contribution in [0.1, 0.15) is 25.3 Å². The van der Waals surface area contributed by atoms with Crippen LogP contribution in [0.25, 0.3) is 10.2 Å². The number of aromatic nitrogens is 1. The van der Waals surface area contributed by atoms with Crippen LogP contribution in [0.2, 0.25) is 5.02 Å². The van der Waals surface area contributed by atoms with Gasteiger partial charge in [0.15, 0.2) is 4.80 Å². The number of thiazole rings is 1. The topological polar surface area (TPSA) is 60.7 Å². The summed E-state index contributed by atoms with van der Waals surface area (Å²) in [5, 5.41) is 0.607. The minimum atomic E-state index is -0.400. The van der Waals surface area contributed by atoms with Crippen LogP contribution in [-0.4, -0.2) is 23.6 Å². The molecule has 1 amide bonds. The molecule has 1 aromatic heterocycles. The van der Waals surface area contributed by atoms with E-state index in [2.05, 4.69) is 4.99 Å². The lowest BCUT2D eigenvalue weighted by Crippen LogP contribution is -2.22. The first-order valence-electron chi connectivity index (χ1n) is 6.90. The van der Waals surface area contributed by atoms with E-state index in [4.69, 9.17) is 16.3 Å². The summed E-state index contributed by atoms with van der Waals surface area (Å²) in [7, 11) is 1.33. The van der Waals surface area contributed by atoms with Crippen LogP contribution in [0.5, 0.6) is 0 Å². The molecule has 0 saturated heterocycles. The van der Waals surface area contributed by atoms with Gasteiger partial charge in [0.2, 0.25) is 5.91 Å². The van der Waals surface area contributed by atoms with Gasteiger partial charge in [0.05, 0.1) is 17.3 Å². The number of benzene rings is 1. The molecule has 118 valence electrons. The number of methoxy groups -OCH3 is 1. The molecule has 7 heteroatoms. The maximum absolute atomic E-state index is 11.8. The molecule has 1 aromatic carbocycles. The quantitative estimate of drug-likeness (QED) is 0.804. The van der Waals surface area contributed by atoms with Crippen LogP contribution < -0.4 is 4.80 Å². The van der Waals surface area contributed by atoms with Crippen LogP contribution in [0.15, 0.2) is 17.1 Å². The maximum atomic E-state index is 11.8. The van der Waals surface area contributed by atoms with E-state index in [1.165, 1.54) is 18.4 Å². The minimum Gasteiger partial charge on any atom is -0.468 e. The largest absolute Gasteiger partial charge is 0.468 e. The second-order valence-electron chi connectivity index (χ2n) is 4.82. The number of amides is 1. The van der Waals surface area contributed by atoms with E-state index in [1.807, 2.05) is 19.9 Å². The first kappa shape index (κ1) is 16.7. The normalized spacial score (nSPS) is 11.9. The zero-order valence-corrected chi connectivity index (χ0v) is 14.3. The van der Waals surface area contributed by atoms with Crippen molar-refractivity contribution in [1.29, 1.82) is 0 Å². The van der Waals surface area contributed by atoms with Crippen LogP contribution in [0.4, 0.5) is 0 Å². The highest BCUT2D eigenvalue weighted by molar-refractivity contribution is 7.16. The van der Waals surface area contributed by atoms with Crippen LogP contribution in [0, 0.1) is 6.92 Å². The molecule has 0 unspecified atom stereocenters. The average molecular weight is 341 g/mol. The van der Waals surface area contributed by atoms with Crippen molar-refractivity contribution in [2.75, 3.05) is 7.11 Å². The van der Waals surface area contributed by atoms with Crippen LogP contribution in [-0.2, 0) is 20.9 Å². The predicted octanol–water partition coefficient (Wildman–Crippen LogP) is 3.07. The van der Waals surface area contributed by atoms with Crippen molar-refractivity contribution in [3.05, 3.63) is 27.5 Å². The molecule has 0 aliphatic heterocycles. The van der Waals surface area contributed by atoms with Crippen molar-refractivity contribution >= 4 is 45.0 Å². The zero-order chi connectivity index (χ0) is 16.3. The molecule has 1 heterocycles. The second-order valence-corrected chi connectivity index (χ2v) is 6.24. The van der Waals surface area contributed by atoms with E-state index < -0.39 is 5.97 Å². The molecule has 5 nitrogen and oxygen atoms in total. The lowest BCUT2D eigenvalue weighted by Gasteiger charge is -2.06. The third kappa shape index (κ3) is 3.39. The summed E-state index contributed by atoms with van der Waals surface area (Å²) in [5.74, 6) is -0.597. The Morgan fingerprint density at radius 2 is 2.14 bits per heavy atom. The fourth-order valence-electron chi connectivity index (χ4n) is 2.12. The average Bonchev–Trinajstić information content (AvgIpc) is 2.81. The number of aryl methyl sites for hydroxylation is 1. The van der Waals surface area contributed by atoms with Gasteiger partial charge in [-0.05, 0) is 31.0 Å². The van der Waals surface area contributed by atoms with E-state index >= 15 is 0 Å². The molecular formula is C15H17ClN2O3S. The Kier molecular flexibility index (Phi) is 5.37. The summed E-state index contributed by atoms with van der Waals surface area (Å²) in [5.41, 5.74) is 1.66. The smallest absolute Gasteiger partial charge is 0.325 e. The Morgan fingerprint density at radius 3 is 2.77 bits per heavy atom. The molecule has 0 saturated carbocycles. The van der Waals surface area contributed by atoms with E-state index in [0.29, 0.717) is 16.2 Å². The SMILES string of the molecule is CCCC(=O)N=c1sc2ccc(Cl)c(C)c2n1CC(=O)OC. The van der Waals surface area contributed by atoms with Gasteiger partial charge in [0.1, 0.15) is 6.54 Å². The monoisotopic (exact) mass is 340 g/mol. The molecule has 0 aliphatic carbocycles. The highest BCUT2D eigenvalue weighted by atomic mass is 35.5. The summed E-state index contributed by atoms with van der Waals surface area (Å²) < 4.78 is 7.36. The highest BCUT2D eigenvalue weighted by Crippen LogP contribution is 2.27. The van der Waals surface area contributed by atoms with E-state index in [0.717, 1.165) is 22.2 Å². The van der Waals surface area contributed by atoms with Gasteiger partial charge in [0, 0.05) is 11.4 Å². The van der Waals surface area contributed by atoms with E-state index in [1.54, 1.807) is 10.6 Å². The number of carbonyl (C=O) groups is 2. The molecule has 0 fully saturated rings. The van der Waals surface area contributed by atoms with Gasteiger partial charge >= 0.3 is 5.97 Å². The zero-order valence-electron chi connectivity index (χ0n) is 12.7. The van der Waals surface area contributed by atoms with Crippen LogP contribution >= 0.6 is 22.9 Å². The maximum Gasteiger partial charge on any atom is 0.325 e. The molecular weight excluding hydrogens is 324 g/mol. The van der Waals surface area contributed by atoms with E-state index in [-0.39, 0.29) is 12.5 Å². The standard InChI is InChI=1S/C15H17ClN2O3S/c1-4-5-12(19)17-15-18(8-13(20)21-3)14-9(2)10(16)6-7-11(14)22-15/h6-7H,4-5,8H2,1-3H3. The van der Waals surface area contributed by atoms with Crippen molar-refractivity contribution in [1.82, 2.24) is 4.57 Å². The van der Waals surface area contributed by atoms with E-state index in [9.17, 15) is 9.59 Å². The molecule has 0 aliphatic rings. The van der Waals surface area contributed by atoms with Crippen molar-refractivity contribution in [3.63, 3.8) is 0 Å². The number of fused-ring (bicyclic) bond motifs is 1. The van der Waals surface area contributed by atoms with Gasteiger partial charge in [0.25, 0.3) is 0 Å². The third-order valence-electron chi connectivity index (χ3n) is 3.23. The Morgan fingerprint density at radius 1 is 1.41 bits per heavy atom. The lowest BCUT2D eigenvalue weighted by molar-refractivity contribution is -0.141. The van der Waals surface area contributed by atoms with Gasteiger partial charge < -0.3 is 9.30 Å². The first-order valence-corrected chi connectivity index (χ1v) is 8.10. The molecule has 0 bridgehead atoms. The predicted molar refractivity (Wildman–Crippen MR) is 87.1 cm³/mol. The van der Waals surface area contributed by atoms with Gasteiger partial charge in [-0.2, -0.15) is 4.99 Å². The number of esters is 1. The molecule has 0 N–H and O–H groups in total. The summed E-state index contributed by atoms with van der Waals surface area (Å²) in [6.07, 6.45) is 1.11. The molecule has 2 aromatic rings. The Bertz CT molecular complexity index is 792. The molecule has 2 rings (SSSR count). The van der Waals surface area contributed by atoms with Crippen molar-refractivity contribution in [3.8, 4) is 0 Å². The summed E-state index contributed by atoms with van der Waals surface area (Å²) in [6.45, 7) is 3.80. The first-order chi connectivity index (χ1) is 10.5. The number of rotatable bonds is 4. The van der Waals surface area contributed by atoms with Crippen molar-refractivity contribution in [2.45, 2.75) is 33.2 Å². The van der Waals surface area contributed by atoms with Crippen LogP contribution in [0.3, 0.4) is 0 Å². The summed E-state index contributed by atoms with van der Waals surface area (Å²) in [4.78, 5) is 28.1. The minimum absolute atomic E-state index is 0.00405. The summed E-state index contributed by atoms with van der Waals surface area (Å²) in [6, 6.07) is 3.67. The Labute approximate surface area is 137 Å². The Balaban J connectivity index is 2.69. The third-order valence-corrected chi connectivity index (χ3v) is 4.68.